The van der Waals surface area contributed by atoms with Crippen LogP contribution in [0.3, 0.4) is 0 Å². The lowest BCUT2D eigenvalue weighted by Crippen LogP contribution is -2.39. The highest BCUT2D eigenvalue weighted by molar-refractivity contribution is 5.95. The van der Waals surface area contributed by atoms with Gasteiger partial charge in [0.25, 0.3) is 5.91 Å². The third-order valence-electron chi connectivity index (χ3n) is 7.64. The van der Waals surface area contributed by atoms with Gasteiger partial charge in [0.15, 0.2) is 0 Å². The highest BCUT2D eigenvalue weighted by atomic mass is 16.1. The van der Waals surface area contributed by atoms with Crippen molar-refractivity contribution < 1.29 is 4.79 Å². The Morgan fingerprint density at radius 3 is 2.30 bits per heavy atom. The van der Waals surface area contributed by atoms with Crippen molar-refractivity contribution in [2.24, 2.45) is 5.92 Å². The number of amides is 1. The first-order valence-corrected chi connectivity index (χ1v) is 13.8. The maximum absolute atomic E-state index is 13.0. The molecule has 4 unspecified atom stereocenters. The van der Waals surface area contributed by atoms with Gasteiger partial charge >= 0.3 is 0 Å². The Bertz CT molecular complexity index is 1190. The van der Waals surface area contributed by atoms with E-state index in [1.165, 1.54) is 32.1 Å². The van der Waals surface area contributed by atoms with Gasteiger partial charge in [-0.25, -0.2) is 9.97 Å². The SMILES string of the molecule is CC.Cc1nc(C(C)NC(=O)c2ccc(-c3ccc(N)cc3)cc2)cc(N2C(C)CC3CCCCC32)n1. The number of benzene rings is 2. The maximum Gasteiger partial charge on any atom is 0.251 e. The first-order chi connectivity index (χ1) is 17.9. The molecule has 2 fully saturated rings. The first-order valence-electron chi connectivity index (χ1n) is 13.8. The van der Waals surface area contributed by atoms with E-state index in [9.17, 15) is 4.79 Å². The Morgan fingerprint density at radius 1 is 1.00 bits per heavy atom. The topological polar surface area (TPSA) is 84.1 Å². The van der Waals surface area contributed by atoms with Crippen molar-refractivity contribution in [1.82, 2.24) is 15.3 Å². The number of nitrogens with one attached hydrogen (secondary N) is 1. The van der Waals surface area contributed by atoms with Crippen LogP contribution in [0.1, 0.15) is 87.7 Å². The molecule has 0 radical (unpaired) electrons. The molecular weight excluding hydrogens is 458 g/mol. The van der Waals surface area contributed by atoms with Crippen LogP contribution >= 0.6 is 0 Å². The predicted octanol–water partition coefficient (Wildman–Crippen LogP) is 6.71. The van der Waals surface area contributed by atoms with E-state index in [2.05, 4.69) is 28.2 Å². The van der Waals surface area contributed by atoms with Gasteiger partial charge in [-0.3, -0.25) is 4.79 Å². The summed E-state index contributed by atoms with van der Waals surface area (Å²) in [5.41, 5.74) is 10.1. The van der Waals surface area contributed by atoms with Crippen LogP contribution in [0, 0.1) is 12.8 Å². The van der Waals surface area contributed by atoms with Crippen molar-refractivity contribution in [3.63, 3.8) is 0 Å². The quantitative estimate of drug-likeness (QED) is 0.381. The molecule has 2 heterocycles. The molecule has 1 saturated heterocycles. The first kappa shape index (κ1) is 26.6. The van der Waals surface area contributed by atoms with E-state index in [-0.39, 0.29) is 11.9 Å². The maximum atomic E-state index is 13.0. The number of carbonyl (C=O) groups excluding carboxylic acids is 1. The number of hydrogen-bond donors (Lipinski definition) is 2. The lowest BCUT2D eigenvalue weighted by Gasteiger charge is -2.34. The molecule has 1 amide bonds. The molecule has 1 saturated carbocycles. The number of nitrogen functional groups attached to an aromatic ring is 1. The number of aryl methyl sites for hydroxylation is 1. The van der Waals surface area contributed by atoms with Gasteiger partial charge in [0.05, 0.1) is 11.7 Å². The van der Waals surface area contributed by atoms with Crippen molar-refractivity contribution >= 4 is 17.4 Å². The second-order valence-electron chi connectivity index (χ2n) is 10.2. The summed E-state index contributed by atoms with van der Waals surface area (Å²) < 4.78 is 0. The van der Waals surface area contributed by atoms with Gasteiger partial charge in [0, 0.05) is 29.4 Å². The van der Waals surface area contributed by atoms with Gasteiger partial charge in [-0.15, -0.1) is 0 Å². The van der Waals surface area contributed by atoms with E-state index in [1.807, 2.05) is 76.2 Å². The zero-order valence-electron chi connectivity index (χ0n) is 22.9. The fourth-order valence-electron chi connectivity index (χ4n) is 5.88. The Balaban J connectivity index is 0.00000156. The van der Waals surface area contributed by atoms with Crippen LogP contribution in [-0.4, -0.2) is 28.0 Å². The number of rotatable bonds is 5. The number of aromatic nitrogens is 2. The van der Waals surface area contributed by atoms with Gasteiger partial charge in [-0.05, 0) is 81.3 Å². The largest absolute Gasteiger partial charge is 0.399 e. The lowest BCUT2D eigenvalue weighted by molar-refractivity contribution is 0.0939. The number of hydrogen-bond acceptors (Lipinski definition) is 5. The molecule has 2 aliphatic rings. The van der Waals surface area contributed by atoms with Gasteiger partial charge in [0.1, 0.15) is 11.6 Å². The summed E-state index contributed by atoms with van der Waals surface area (Å²) in [4.78, 5) is 25.0. The summed E-state index contributed by atoms with van der Waals surface area (Å²) in [7, 11) is 0. The van der Waals surface area contributed by atoms with Crippen molar-refractivity contribution in [2.75, 3.05) is 10.6 Å². The van der Waals surface area contributed by atoms with Crippen molar-refractivity contribution in [1.29, 1.82) is 0 Å². The van der Waals surface area contributed by atoms with E-state index in [4.69, 9.17) is 10.7 Å². The van der Waals surface area contributed by atoms with Crippen LogP contribution in [0.4, 0.5) is 11.5 Å². The third kappa shape index (κ3) is 5.95. The lowest BCUT2D eigenvalue weighted by atomic mass is 9.85. The van der Waals surface area contributed by atoms with Crippen LogP contribution in [0.15, 0.2) is 54.6 Å². The standard InChI is InChI=1S/C29H35N5O.C2H6/c1-18-16-24-6-4-5-7-27(24)34(18)28-17-26(32-20(3)33-28)19(2)31-29(35)23-10-8-21(9-11-23)22-12-14-25(30)15-13-22;1-2/h8-15,17-19,24,27H,4-7,16,30H2,1-3H3,(H,31,35);1-2H3. The molecule has 1 aliphatic heterocycles. The molecule has 6 nitrogen and oxygen atoms in total. The molecule has 196 valence electrons. The minimum absolute atomic E-state index is 0.110. The Hall–Kier alpha value is -3.41. The minimum Gasteiger partial charge on any atom is -0.399 e. The van der Waals surface area contributed by atoms with E-state index in [0.29, 0.717) is 17.6 Å². The van der Waals surface area contributed by atoms with Crippen molar-refractivity contribution in [3.8, 4) is 11.1 Å². The second kappa shape index (κ2) is 11.8. The van der Waals surface area contributed by atoms with Gasteiger partial charge in [-0.2, -0.15) is 0 Å². The molecule has 6 heteroatoms. The van der Waals surface area contributed by atoms with E-state index in [1.54, 1.807) is 0 Å². The van der Waals surface area contributed by atoms with Crippen LogP contribution < -0.4 is 16.0 Å². The van der Waals surface area contributed by atoms with Crippen LogP contribution in [-0.2, 0) is 0 Å². The molecule has 37 heavy (non-hydrogen) atoms. The van der Waals surface area contributed by atoms with Crippen LogP contribution in [0.2, 0.25) is 0 Å². The van der Waals surface area contributed by atoms with E-state index < -0.39 is 0 Å². The Labute approximate surface area is 221 Å². The molecule has 4 atom stereocenters. The minimum atomic E-state index is -0.222. The molecule has 2 aromatic carbocycles. The number of carbonyl (C=O) groups is 1. The molecule has 0 spiro atoms. The summed E-state index contributed by atoms with van der Waals surface area (Å²) in [6.45, 7) is 10.2. The number of nitrogens with zero attached hydrogens (tertiary/aromatic N) is 3. The van der Waals surface area contributed by atoms with Crippen molar-refractivity contribution in [2.45, 2.75) is 84.8 Å². The summed E-state index contributed by atoms with van der Waals surface area (Å²) >= 11 is 0. The smallest absolute Gasteiger partial charge is 0.251 e. The van der Waals surface area contributed by atoms with E-state index in [0.717, 1.165) is 40.1 Å². The highest BCUT2D eigenvalue weighted by Crippen LogP contribution is 2.41. The third-order valence-corrected chi connectivity index (χ3v) is 7.64. The molecule has 3 N–H and O–H groups in total. The monoisotopic (exact) mass is 499 g/mol. The summed E-state index contributed by atoms with van der Waals surface area (Å²) in [6.07, 6.45) is 6.45. The average Bonchev–Trinajstić information content (AvgIpc) is 3.25. The van der Waals surface area contributed by atoms with Gasteiger partial charge in [0.2, 0.25) is 0 Å². The molecule has 3 aromatic rings. The number of nitrogens with two attached hydrogens (primary N) is 1. The van der Waals surface area contributed by atoms with E-state index >= 15 is 0 Å². The average molecular weight is 500 g/mol. The fraction of sp³-hybridized carbons (Fsp3) is 0.452. The highest BCUT2D eigenvalue weighted by Gasteiger charge is 2.40. The summed E-state index contributed by atoms with van der Waals surface area (Å²) in [5.74, 6) is 2.41. The Morgan fingerprint density at radius 2 is 1.62 bits per heavy atom. The molecule has 1 aliphatic carbocycles. The summed E-state index contributed by atoms with van der Waals surface area (Å²) in [6, 6.07) is 18.3. The normalized spacial score (nSPS) is 21.4. The van der Waals surface area contributed by atoms with Crippen LogP contribution in [0.5, 0.6) is 0 Å². The predicted molar refractivity (Wildman–Crippen MR) is 153 cm³/mol. The Kier molecular flexibility index (Phi) is 8.47. The zero-order chi connectivity index (χ0) is 26.5. The van der Waals surface area contributed by atoms with Gasteiger partial charge < -0.3 is 16.0 Å². The molecule has 0 bridgehead atoms. The van der Waals surface area contributed by atoms with Crippen molar-refractivity contribution in [3.05, 3.63) is 71.7 Å². The summed E-state index contributed by atoms with van der Waals surface area (Å²) in [5, 5.41) is 3.13. The number of anilines is 2. The second-order valence-corrected chi connectivity index (χ2v) is 10.2. The van der Waals surface area contributed by atoms with Crippen LogP contribution in [0.25, 0.3) is 11.1 Å². The van der Waals surface area contributed by atoms with Gasteiger partial charge in [-0.1, -0.05) is 51.0 Å². The molecule has 1 aromatic heterocycles. The molecule has 5 rings (SSSR count). The number of fused-ring (bicyclic) bond motifs is 1. The molecular formula is C31H41N5O. The zero-order valence-corrected chi connectivity index (χ0v) is 22.9. The fourth-order valence-corrected chi connectivity index (χ4v) is 5.88.